The van der Waals surface area contributed by atoms with Gasteiger partial charge in [-0.3, -0.25) is 4.90 Å². The number of nitrogens with zero attached hydrogens (tertiary/aromatic N) is 1. The van der Waals surface area contributed by atoms with Crippen molar-refractivity contribution >= 4 is 0 Å². The predicted octanol–water partition coefficient (Wildman–Crippen LogP) is 2.12. The van der Waals surface area contributed by atoms with Crippen molar-refractivity contribution in [1.29, 1.82) is 0 Å². The van der Waals surface area contributed by atoms with E-state index in [1.54, 1.807) is 7.11 Å². The minimum Gasteiger partial charge on any atom is -0.383 e. The van der Waals surface area contributed by atoms with Crippen LogP contribution in [0.1, 0.15) is 41.0 Å². The van der Waals surface area contributed by atoms with Crippen LogP contribution in [0.15, 0.2) is 0 Å². The Morgan fingerprint density at radius 3 is 2.25 bits per heavy atom. The maximum absolute atomic E-state index is 5.17. The molecule has 0 saturated carbocycles. The molecule has 0 spiro atoms. The summed E-state index contributed by atoms with van der Waals surface area (Å²) in [5, 5.41) is 3.47. The van der Waals surface area contributed by atoms with Crippen molar-refractivity contribution in [1.82, 2.24) is 10.2 Å². The molecule has 2 unspecified atom stereocenters. The molecule has 0 bridgehead atoms. The highest BCUT2D eigenvalue weighted by atomic mass is 16.5. The van der Waals surface area contributed by atoms with Crippen molar-refractivity contribution in [2.75, 3.05) is 26.8 Å². The second-order valence-corrected chi connectivity index (χ2v) is 4.87. The number of ether oxygens (including phenoxy) is 1. The lowest BCUT2D eigenvalue weighted by molar-refractivity contribution is 0.0946. The Bertz CT molecular complexity index is 162. The standard InChI is InChI=1S/C13H30N2O/c1-7-14-12(4)10-13(5)15(11(2)3)8-9-16-6/h11-14H,7-10H2,1-6H3. The van der Waals surface area contributed by atoms with E-state index in [2.05, 4.69) is 44.8 Å². The molecule has 0 aromatic heterocycles. The first kappa shape index (κ1) is 15.9. The van der Waals surface area contributed by atoms with Gasteiger partial charge in [0.2, 0.25) is 0 Å². The van der Waals surface area contributed by atoms with E-state index in [0.717, 1.165) is 19.7 Å². The highest BCUT2D eigenvalue weighted by Gasteiger charge is 2.18. The lowest BCUT2D eigenvalue weighted by Gasteiger charge is -2.34. The van der Waals surface area contributed by atoms with Crippen LogP contribution >= 0.6 is 0 Å². The average molecular weight is 230 g/mol. The largest absolute Gasteiger partial charge is 0.383 e. The lowest BCUT2D eigenvalue weighted by Crippen LogP contribution is -2.44. The smallest absolute Gasteiger partial charge is 0.0589 e. The first-order valence-corrected chi connectivity index (χ1v) is 6.50. The van der Waals surface area contributed by atoms with Gasteiger partial charge in [0.25, 0.3) is 0 Å². The number of nitrogens with one attached hydrogen (secondary N) is 1. The third kappa shape index (κ3) is 6.46. The quantitative estimate of drug-likeness (QED) is 0.656. The summed E-state index contributed by atoms with van der Waals surface area (Å²) in [4.78, 5) is 2.51. The molecular weight excluding hydrogens is 200 g/mol. The molecular formula is C13H30N2O. The summed E-state index contributed by atoms with van der Waals surface area (Å²) < 4.78 is 5.17. The fourth-order valence-electron chi connectivity index (χ4n) is 2.26. The van der Waals surface area contributed by atoms with Crippen LogP contribution in [-0.2, 0) is 4.74 Å². The molecule has 0 rings (SSSR count). The van der Waals surface area contributed by atoms with Crippen LogP contribution in [0.25, 0.3) is 0 Å². The molecule has 0 aromatic carbocycles. The van der Waals surface area contributed by atoms with Crippen molar-refractivity contribution in [2.24, 2.45) is 0 Å². The average Bonchev–Trinajstić information content (AvgIpc) is 2.17. The number of rotatable bonds is 9. The number of methoxy groups -OCH3 is 1. The van der Waals surface area contributed by atoms with Gasteiger partial charge in [-0.15, -0.1) is 0 Å². The molecule has 0 aliphatic heterocycles. The van der Waals surface area contributed by atoms with E-state index in [0.29, 0.717) is 18.1 Å². The molecule has 3 heteroatoms. The van der Waals surface area contributed by atoms with Gasteiger partial charge in [0.15, 0.2) is 0 Å². The SMILES string of the molecule is CCNC(C)CC(C)N(CCOC)C(C)C. The minimum atomic E-state index is 0.582. The van der Waals surface area contributed by atoms with Gasteiger partial charge < -0.3 is 10.1 Å². The zero-order valence-corrected chi connectivity index (χ0v) is 11.9. The highest BCUT2D eigenvalue weighted by Crippen LogP contribution is 2.10. The summed E-state index contributed by atoms with van der Waals surface area (Å²) in [7, 11) is 1.77. The van der Waals surface area contributed by atoms with Crippen LogP contribution in [-0.4, -0.2) is 49.8 Å². The van der Waals surface area contributed by atoms with Crippen LogP contribution in [0.2, 0.25) is 0 Å². The Morgan fingerprint density at radius 1 is 1.19 bits per heavy atom. The Morgan fingerprint density at radius 2 is 1.81 bits per heavy atom. The molecule has 0 aliphatic rings. The second kappa shape index (κ2) is 8.97. The van der Waals surface area contributed by atoms with Crippen molar-refractivity contribution in [3.63, 3.8) is 0 Å². The summed E-state index contributed by atoms with van der Waals surface area (Å²) in [5.41, 5.74) is 0. The normalized spacial score (nSPS) is 15.8. The second-order valence-electron chi connectivity index (χ2n) is 4.87. The van der Waals surface area contributed by atoms with E-state index in [1.165, 1.54) is 6.42 Å². The Balaban J connectivity index is 4.10. The molecule has 0 aromatic rings. The third-order valence-corrected chi connectivity index (χ3v) is 3.03. The predicted molar refractivity (Wildman–Crippen MR) is 70.9 cm³/mol. The van der Waals surface area contributed by atoms with Crippen molar-refractivity contribution < 1.29 is 4.74 Å². The Labute approximate surface area is 102 Å². The minimum absolute atomic E-state index is 0.582. The summed E-state index contributed by atoms with van der Waals surface area (Å²) in [5.74, 6) is 0. The topological polar surface area (TPSA) is 24.5 Å². The fraction of sp³-hybridized carbons (Fsp3) is 1.00. The zero-order valence-electron chi connectivity index (χ0n) is 11.9. The fourth-order valence-corrected chi connectivity index (χ4v) is 2.26. The van der Waals surface area contributed by atoms with Gasteiger partial charge in [-0.25, -0.2) is 0 Å². The van der Waals surface area contributed by atoms with Gasteiger partial charge in [-0.2, -0.15) is 0 Å². The van der Waals surface area contributed by atoms with E-state index >= 15 is 0 Å². The number of hydrogen-bond acceptors (Lipinski definition) is 3. The van der Waals surface area contributed by atoms with Gasteiger partial charge in [0.1, 0.15) is 0 Å². The Hall–Kier alpha value is -0.120. The maximum atomic E-state index is 5.17. The summed E-state index contributed by atoms with van der Waals surface area (Å²) in [6, 6.07) is 1.77. The monoisotopic (exact) mass is 230 g/mol. The van der Waals surface area contributed by atoms with Crippen LogP contribution in [0, 0.1) is 0 Å². The molecule has 0 aliphatic carbocycles. The van der Waals surface area contributed by atoms with Crippen LogP contribution in [0.5, 0.6) is 0 Å². The molecule has 0 fully saturated rings. The third-order valence-electron chi connectivity index (χ3n) is 3.03. The van der Waals surface area contributed by atoms with Crippen molar-refractivity contribution in [3.8, 4) is 0 Å². The van der Waals surface area contributed by atoms with E-state index in [9.17, 15) is 0 Å². The van der Waals surface area contributed by atoms with Gasteiger partial charge in [-0.1, -0.05) is 6.92 Å². The molecule has 0 amide bonds. The zero-order chi connectivity index (χ0) is 12.6. The molecule has 0 saturated heterocycles. The van der Waals surface area contributed by atoms with E-state index in [4.69, 9.17) is 4.74 Å². The molecule has 3 nitrogen and oxygen atoms in total. The molecule has 0 heterocycles. The molecule has 16 heavy (non-hydrogen) atoms. The van der Waals surface area contributed by atoms with E-state index in [-0.39, 0.29) is 0 Å². The van der Waals surface area contributed by atoms with Crippen molar-refractivity contribution in [3.05, 3.63) is 0 Å². The first-order chi connectivity index (χ1) is 7.52. The van der Waals surface area contributed by atoms with Crippen molar-refractivity contribution in [2.45, 2.75) is 59.2 Å². The molecule has 98 valence electrons. The first-order valence-electron chi connectivity index (χ1n) is 6.50. The van der Waals surface area contributed by atoms with Crippen LogP contribution in [0.4, 0.5) is 0 Å². The van der Waals surface area contributed by atoms with Gasteiger partial charge in [0.05, 0.1) is 6.61 Å². The van der Waals surface area contributed by atoms with E-state index in [1.807, 2.05) is 0 Å². The molecule has 0 radical (unpaired) electrons. The van der Waals surface area contributed by atoms with Gasteiger partial charge in [-0.05, 0) is 40.7 Å². The van der Waals surface area contributed by atoms with E-state index < -0.39 is 0 Å². The summed E-state index contributed by atoms with van der Waals surface area (Å²) >= 11 is 0. The van der Waals surface area contributed by atoms with Crippen LogP contribution in [0.3, 0.4) is 0 Å². The summed E-state index contributed by atoms with van der Waals surface area (Å²) in [6.45, 7) is 14.1. The Kier molecular flexibility index (Phi) is 8.90. The molecule has 1 N–H and O–H groups in total. The van der Waals surface area contributed by atoms with Gasteiger partial charge in [0, 0.05) is 31.8 Å². The van der Waals surface area contributed by atoms with Gasteiger partial charge >= 0.3 is 0 Å². The van der Waals surface area contributed by atoms with Crippen LogP contribution < -0.4 is 5.32 Å². The maximum Gasteiger partial charge on any atom is 0.0589 e. The summed E-state index contributed by atoms with van der Waals surface area (Å²) in [6.07, 6.45) is 1.19. The lowest BCUT2D eigenvalue weighted by atomic mass is 10.1. The molecule has 2 atom stereocenters. The highest BCUT2D eigenvalue weighted by molar-refractivity contribution is 4.75. The number of hydrogen-bond donors (Lipinski definition) is 1.